The van der Waals surface area contributed by atoms with Gasteiger partial charge in [0.25, 0.3) is 0 Å². The molecule has 2 rings (SSSR count). The Morgan fingerprint density at radius 1 is 1.73 bits per heavy atom. The van der Waals surface area contributed by atoms with Crippen LogP contribution in [0.3, 0.4) is 0 Å². The number of hydrogen-bond acceptors (Lipinski definition) is 2. The highest BCUT2D eigenvalue weighted by atomic mass is 16.5. The fraction of sp³-hybridized carbons (Fsp3) is 0.875. The lowest BCUT2D eigenvalue weighted by atomic mass is 10.2. The molecule has 0 aromatic carbocycles. The molecule has 0 aromatic heterocycles. The standard InChI is InChI=1S/C8H13NO2/c1-2-8(10)9-4-7-3-6(9)5-11-7/h6-7H,2-5H2,1H3. The molecule has 0 aliphatic carbocycles. The highest BCUT2D eigenvalue weighted by Crippen LogP contribution is 2.27. The van der Waals surface area contributed by atoms with Gasteiger partial charge in [0.2, 0.25) is 5.91 Å². The number of carbonyl (C=O) groups excluding carboxylic acids is 1. The number of amides is 1. The van der Waals surface area contributed by atoms with Crippen molar-refractivity contribution < 1.29 is 9.53 Å². The Kier molecular flexibility index (Phi) is 1.60. The molecule has 2 bridgehead atoms. The summed E-state index contributed by atoms with van der Waals surface area (Å²) in [6.07, 6.45) is 2.03. The second-order valence-electron chi connectivity index (χ2n) is 3.24. The van der Waals surface area contributed by atoms with Gasteiger partial charge in [0.15, 0.2) is 0 Å². The average molecular weight is 155 g/mol. The molecule has 0 spiro atoms. The zero-order valence-electron chi connectivity index (χ0n) is 6.75. The van der Waals surface area contributed by atoms with E-state index in [1.54, 1.807) is 0 Å². The van der Waals surface area contributed by atoms with Gasteiger partial charge >= 0.3 is 0 Å². The number of rotatable bonds is 1. The monoisotopic (exact) mass is 155 g/mol. The van der Waals surface area contributed by atoms with Crippen molar-refractivity contribution >= 4 is 5.91 Å². The van der Waals surface area contributed by atoms with Crippen LogP contribution < -0.4 is 0 Å². The first-order valence-electron chi connectivity index (χ1n) is 4.22. The van der Waals surface area contributed by atoms with Crippen molar-refractivity contribution in [2.75, 3.05) is 13.2 Å². The number of ether oxygens (including phenoxy) is 1. The second-order valence-corrected chi connectivity index (χ2v) is 3.24. The zero-order chi connectivity index (χ0) is 7.84. The van der Waals surface area contributed by atoms with Gasteiger partial charge in [0.1, 0.15) is 0 Å². The lowest BCUT2D eigenvalue weighted by Gasteiger charge is -2.26. The summed E-state index contributed by atoms with van der Waals surface area (Å²) in [6.45, 7) is 3.50. The molecule has 2 heterocycles. The molecule has 2 unspecified atom stereocenters. The zero-order valence-corrected chi connectivity index (χ0v) is 6.75. The van der Waals surface area contributed by atoms with E-state index >= 15 is 0 Å². The summed E-state index contributed by atoms with van der Waals surface area (Å²) in [4.78, 5) is 13.2. The van der Waals surface area contributed by atoms with Gasteiger partial charge < -0.3 is 9.64 Å². The molecule has 2 aliphatic rings. The first kappa shape index (κ1) is 7.10. The molecule has 3 nitrogen and oxygen atoms in total. The summed E-state index contributed by atoms with van der Waals surface area (Å²) in [5.74, 6) is 0.279. The van der Waals surface area contributed by atoms with Crippen LogP contribution in [0.25, 0.3) is 0 Å². The van der Waals surface area contributed by atoms with Gasteiger partial charge in [-0.1, -0.05) is 6.92 Å². The van der Waals surface area contributed by atoms with E-state index in [2.05, 4.69) is 0 Å². The summed E-state index contributed by atoms with van der Waals surface area (Å²) < 4.78 is 5.38. The Hall–Kier alpha value is -0.570. The summed E-state index contributed by atoms with van der Waals surface area (Å²) in [7, 11) is 0. The molecule has 11 heavy (non-hydrogen) atoms. The molecular weight excluding hydrogens is 142 g/mol. The molecule has 2 fully saturated rings. The maximum absolute atomic E-state index is 11.3. The van der Waals surface area contributed by atoms with Crippen LogP contribution in [0.1, 0.15) is 19.8 Å². The highest BCUT2D eigenvalue weighted by Gasteiger charge is 2.40. The van der Waals surface area contributed by atoms with Gasteiger partial charge in [-0.15, -0.1) is 0 Å². The Bertz CT molecular complexity index is 181. The van der Waals surface area contributed by atoms with E-state index in [0.29, 0.717) is 18.6 Å². The summed E-state index contributed by atoms with van der Waals surface area (Å²) in [5.41, 5.74) is 0. The minimum atomic E-state index is 0.279. The SMILES string of the molecule is CCC(=O)N1CC2CC1CO2. The van der Waals surface area contributed by atoms with Gasteiger partial charge in [-0.3, -0.25) is 4.79 Å². The minimum absolute atomic E-state index is 0.279. The number of morpholine rings is 1. The molecule has 0 aromatic rings. The van der Waals surface area contributed by atoms with Crippen LogP contribution >= 0.6 is 0 Å². The first-order chi connectivity index (χ1) is 5.31. The first-order valence-corrected chi connectivity index (χ1v) is 4.22. The van der Waals surface area contributed by atoms with Gasteiger partial charge in [-0.2, -0.15) is 0 Å². The number of fused-ring (bicyclic) bond motifs is 2. The summed E-state index contributed by atoms with van der Waals surface area (Å²) in [6, 6.07) is 0.396. The van der Waals surface area contributed by atoms with Crippen molar-refractivity contribution in [2.45, 2.75) is 31.9 Å². The van der Waals surface area contributed by atoms with Crippen LogP contribution in [0.4, 0.5) is 0 Å². The van der Waals surface area contributed by atoms with E-state index in [0.717, 1.165) is 19.6 Å². The van der Waals surface area contributed by atoms with E-state index in [-0.39, 0.29) is 5.91 Å². The fourth-order valence-electron chi connectivity index (χ4n) is 1.91. The predicted molar refractivity (Wildman–Crippen MR) is 40.1 cm³/mol. The van der Waals surface area contributed by atoms with Crippen LogP contribution in [-0.4, -0.2) is 36.1 Å². The van der Waals surface area contributed by atoms with Crippen molar-refractivity contribution in [2.24, 2.45) is 0 Å². The maximum atomic E-state index is 11.3. The second kappa shape index (κ2) is 2.48. The normalized spacial score (nSPS) is 34.8. The van der Waals surface area contributed by atoms with Crippen LogP contribution in [0.2, 0.25) is 0 Å². The van der Waals surface area contributed by atoms with Gasteiger partial charge in [-0.25, -0.2) is 0 Å². The Morgan fingerprint density at radius 3 is 3.00 bits per heavy atom. The molecule has 62 valence electrons. The smallest absolute Gasteiger partial charge is 0.222 e. The number of likely N-dealkylation sites (tertiary alicyclic amines) is 1. The quantitative estimate of drug-likeness (QED) is 0.548. The van der Waals surface area contributed by atoms with Crippen LogP contribution in [-0.2, 0) is 9.53 Å². The van der Waals surface area contributed by atoms with E-state index < -0.39 is 0 Å². The van der Waals surface area contributed by atoms with E-state index in [1.807, 2.05) is 11.8 Å². The predicted octanol–water partition coefficient (Wildman–Crippen LogP) is 0.396. The molecule has 0 saturated carbocycles. The van der Waals surface area contributed by atoms with Crippen molar-refractivity contribution in [3.8, 4) is 0 Å². The van der Waals surface area contributed by atoms with Crippen molar-refractivity contribution in [1.82, 2.24) is 4.90 Å². The lowest BCUT2D eigenvalue weighted by molar-refractivity contribution is -0.135. The van der Waals surface area contributed by atoms with Crippen molar-refractivity contribution in [3.05, 3.63) is 0 Å². The average Bonchev–Trinajstić information content (AvgIpc) is 2.62. The Balaban J connectivity index is 2.02. The van der Waals surface area contributed by atoms with Gasteiger partial charge in [0, 0.05) is 13.0 Å². The molecule has 1 amide bonds. The third-order valence-corrected chi connectivity index (χ3v) is 2.52. The Morgan fingerprint density at radius 2 is 2.55 bits per heavy atom. The highest BCUT2D eigenvalue weighted by molar-refractivity contribution is 5.76. The topological polar surface area (TPSA) is 29.5 Å². The van der Waals surface area contributed by atoms with Crippen LogP contribution in [0, 0.1) is 0 Å². The molecule has 3 heteroatoms. The van der Waals surface area contributed by atoms with E-state index in [9.17, 15) is 4.79 Å². The van der Waals surface area contributed by atoms with E-state index in [4.69, 9.17) is 4.74 Å². The Labute approximate surface area is 66.3 Å². The maximum Gasteiger partial charge on any atom is 0.222 e. The third-order valence-electron chi connectivity index (χ3n) is 2.52. The minimum Gasteiger partial charge on any atom is -0.374 e. The summed E-state index contributed by atoms with van der Waals surface area (Å²) >= 11 is 0. The molecule has 2 atom stereocenters. The number of carbonyl (C=O) groups is 1. The lowest BCUT2D eigenvalue weighted by Crippen LogP contribution is -2.40. The van der Waals surface area contributed by atoms with E-state index in [1.165, 1.54) is 0 Å². The van der Waals surface area contributed by atoms with Gasteiger partial charge in [0.05, 0.1) is 18.8 Å². The van der Waals surface area contributed by atoms with Gasteiger partial charge in [-0.05, 0) is 6.42 Å². The third kappa shape index (κ3) is 1.03. The summed E-state index contributed by atoms with van der Waals surface area (Å²) in [5, 5.41) is 0. The number of nitrogens with zero attached hydrogens (tertiary/aromatic N) is 1. The van der Waals surface area contributed by atoms with Crippen LogP contribution in [0.15, 0.2) is 0 Å². The number of hydrogen-bond donors (Lipinski definition) is 0. The molecular formula is C8H13NO2. The molecule has 2 aliphatic heterocycles. The van der Waals surface area contributed by atoms with Crippen LogP contribution in [0.5, 0.6) is 0 Å². The molecule has 2 saturated heterocycles. The van der Waals surface area contributed by atoms with Crippen molar-refractivity contribution in [3.63, 3.8) is 0 Å². The van der Waals surface area contributed by atoms with Crippen molar-refractivity contribution in [1.29, 1.82) is 0 Å². The fourth-order valence-corrected chi connectivity index (χ4v) is 1.91. The largest absolute Gasteiger partial charge is 0.374 e. The molecule has 0 radical (unpaired) electrons. The molecule has 0 N–H and O–H groups in total.